The van der Waals surface area contributed by atoms with E-state index in [-0.39, 0.29) is 21.1 Å². The minimum atomic E-state index is 0. The molecule has 4 aromatic heterocycles. The molecule has 37 heavy (non-hydrogen) atoms. The summed E-state index contributed by atoms with van der Waals surface area (Å²) >= 11 is 0. The Hall–Kier alpha value is -4.52. The van der Waals surface area contributed by atoms with E-state index in [1.54, 1.807) is 12.4 Å². The van der Waals surface area contributed by atoms with Crippen LogP contribution < -0.4 is 0 Å². The summed E-state index contributed by atoms with van der Waals surface area (Å²) in [5.41, 5.74) is 7.55. The summed E-state index contributed by atoms with van der Waals surface area (Å²) in [7, 11) is 0. The van der Waals surface area contributed by atoms with E-state index in [2.05, 4.69) is 15.9 Å². The summed E-state index contributed by atoms with van der Waals surface area (Å²) in [6.45, 7) is 0. The van der Waals surface area contributed by atoms with Gasteiger partial charge < -0.3 is 6.42 Å². The molecule has 5 nitrogen and oxygen atoms in total. The maximum absolute atomic E-state index is 6.69. The Kier molecular flexibility index (Phi) is 6.94. The molecule has 3 aromatic carbocycles. The third-order valence-electron chi connectivity index (χ3n) is 5.85. The van der Waals surface area contributed by atoms with Crippen molar-refractivity contribution < 1.29 is 21.1 Å². The maximum atomic E-state index is 6.69. The molecule has 176 valence electrons. The molecular weight excluding hydrogens is 637 g/mol. The Morgan fingerprint density at radius 2 is 1.11 bits per heavy atom. The summed E-state index contributed by atoms with van der Waals surface area (Å²) in [6.07, 6.45) is 10.3. The van der Waals surface area contributed by atoms with E-state index in [9.17, 15) is 0 Å². The van der Waals surface area contributed by atoms with Crippen LogP contribution in [0.3, 0.4) is 0 Å². The molecule has 0 N–H and O–H groups in total. The molecule has 0 bridgehead atoms. The second kappa shape index (κ2) is 10.6. The minimum Gasteiger partial charge on any atom is -0.366 e. The van der Waals surface area contributed by atoms with Gasteiger partial charge in [-0.15, -0.1) is 17.7 Å². The topological polar surface area (TPSA) is 64.5 Å². The van der Waals surface area contributed by atoms with Crippen LogP contribution in [0.5, 0.6) is 0 Å². The van der Waals surface area contributed by atoms with Gasteiger partial charge in [0.05, 0.1) is 44.5 Å². The molecule has 0 amide bonds. The molecule has 6 heteroatoms. The first kappa shape index (κ1) is 24.2. The molecule has 0 radical (unpaired) electrons. The van der Waals surface area contributed by atoms with Crippen molar-refractivity contribution >= 4 is 43.9 Å². The van der Waals surface area contributed by atoms with Crippen LogP contribution in [0.2, 0.25) is 0 Å². The van der Waals surface area contributed by atoms with Crippen LogP contribution in [0.15, 0.2) is 109 Å². The van der Waals surface area contributed by atoms with Crippen molar-refractivity contribution in [1.29, 1.82) is 0 Å². The molecule has 4 heterocycles. The van der Waals surface area contributed by atoms with E-state index in [4.69, 9.17) is 21.4 Å². The van der Waals surface area contributed by atoms with Crippen LogP contribution in [0, 0.1) is 12.3 Å². The summed E-state index contributed by atoms with van der Waals surface area (Å²) in [6, 6.07) is 31.1. The van der Waals surface area contributed by atoms with Gasteiger partial charge in [0.2, 0.25) is 0 Å². The van der Waals surface area contributed by atoms with E-state index in [1.807, 2.05) is 97.1 Å². The summed E-state index contributed by atoms with van der Waals surface area (Å²) < 4.78 is 0. The quantitative estimate of drug-likeness (QED) is 0.0868. The van der Waals surface area contributed by atoms with Gasteiger partial charge in [-0.2, -0.15) is 0 Å². The van der Waals surface area contributed by atoms with Gasteiger partial charge in [0.1, 0.15) is 0 Å². The zero-order valence-corrected chi connectivity index (χ0v) is 21.7. The second-order valence-corrected chi connectivity index (χ2v) is 8.11. The smallest absolute Gasteiger partial charge is 0.366 e. The van der Waals surface area contributed by atoms with Gasteiger partial charge in [-0.1, -0.05) is 36.4 Å². The van der Waals surface area contributed by atoms with Crippen LogP contribution in [-0.4, -0.2) is 24.9 Å². The number of para-hydroxylation sites is 2. The van der Waals surface area contributed by atoms with Gasteiger partial charge in [-0.3, -0.25) is 15.9 Å². The predicted molar refractivity (Wildman–Crippen MR) is 144 cm³/mol. The summed E-state index contributed by atoms with van der Waals surface area (Å²) in [4.78, 5) is 23.8. The average Bonchev–Trinajstić information content (AvgIpc) is 2.97. The van der Waals surface area contributed by atoms with Crippen molar-refractivity contribution in [3.63, 3.8) is 0 Å². The standard InChI is InChI=1S/C23H13N5.C8H5.Pt/c1-2-9-18-17(8-1)26-22-14-6-5-13-25-20(14)21-15(23(22)27-18)10-11-19(28-21)16-7-3-4-12-24-16;1-2-8-6-4-3-5-7-8;/h1-13H;3-7H;/q;-1;+2. The van der Waals surface area contributed by atoms with Gasteiger partial charge in [0.15, 0.2) is 0 Å². The number of nitrogens with zero attached hydrogens (tertiary/aromatic N) is 5. The fourth-order valence-corrected chi connectivity index (χ4v) is 4.17. The van der Waals surface area contributed by atoms with Crippen molar-refractivity contribution in [3.8, 4) is 17.3 Å². The molecular formula is C31H18N5Pt+. The van der Waals surface area contributed by atoms with E-state index in [0.29, 0.717) is 0 Å². The van der Waals surface area contributed by atoms with Crippen LogP contribution in [0.4, 0.5) is 0 Å². The number of hydrogen-bond donors (Lipinski definition) is 0. The zero-order chi connectivity index (χ0) is 24.3. The van der Waals surface area contributed by atoms with Gasteiger partial charge in [0, 0.05) is 23.2 Å². The maximum Gasteiger partial charge on any atom is 2.00 e. The largest absolute Gasteiger partial charge is 2.00 e. The van der Waals surface area contributed by atoms with Crippen molar-refractivity contribution in [3.05, 3.63) is 121 Å². The van der Waals surface area contributed by atoms with E-state index in [0.717, 1.165) is 60.8 Å². The van der Waals surface area contributed by atoms with Gasteiger partial charge in [-0.25, -0.2) is 15.0 Å². The van der Waals surface area contributed by atoms with Crippen LogP contribution in [0.1, 0.15) is 5.56 Å². The molecule has 7 rings (SSSR count). The van der Waals surface area contributed by atoms with Crippen molar-refractivity contribution in [2.45, 2.75) is 0 Å². The van der Waals surface area contributed by atoms with Gasteiger partial charge in [0.25, 0.3) is 0 Å². The van der Waals surface area contributed by atoms with E-state index in [1.165, 1.54) is 0 Å². The Labute approximate surface area is 227 Å². The number of fused-ring (bicyclic) bond motifs is 7. The molecule has 0 aliphatic rings. The molecule has 0 fully saturated rings. The van der Waals surface area contributed by atoms with E-state index >= 15 is 0 Å². The van der Waals surface area contributed by atoms with Crippen molar-refractivity contribution in [1.82, 2.24) is 24.9 Å². The molecule has 0 unspecified atom stereocenters. The number of aromatic nitrogens is 5. The third kappa shape index (κ3) is 4.68. The van der Waals surface area contributed by atoms with Gasteiger partial charge >= 0.3 is 21.1 Å². The molecule has 0 aliphatic heterocycles. The molecule has 0 saturated carbocycles. The first-order valence-corrected chi connectivity index (χ1v) is 11.4. The average molecular weight is 656 g/mol. The Morgan fingerprint density at radius 1 is 0.486 bits per heavy atom. The molecule has 0 atom stereocenters. The molecule has 0 aliphatic carbocycles. The summed E-state index contributed by atoms with van der Waals surface area (Å²) in [5.74, 6) is 2.28. The first-order valence-electron chi connectivity index (χ1n) is 11.4. The molecule has 7 aromatic rings. The molecule has 0 saturated heterocycles. The summed E-state index contributed by atoms with van der Waals surface area (Å²) in [5, 5.41) is 1.90. The predicted octanol–water partition coefficient (Wildman–Crippen LogP) is 6.56. The number of benzene rings is 3. The number of hydrogen-bond acceptors (Lipinski definition) is 5. The zero-order valence-electron chi connectivity index (χ0n) is 19.4. The Bertz CT molecular complexity index is 1900. The molecule has 0 spiro atoms. The normalized spacial score (nSPS) is 10.5. The SMILES string of the molecule is [C-]#Cc1ccccc1.[Pt+2].c1ccc(-c2ccc3c(n2)c2ncccc2c2nc4ccccc4nc32)nc1. The monoisotopic (exact) mass is 655 g/mol. The van der Waals surface area contributed by atoms with Crippen LogP contribution in [0.25, 0.3) is 55.3 Å². The first-order chi connectivity index (χ1) is 17.8. The van der Waals surface area contributed by atoms with Crippen molar-refractivity contribution in [2.75, 3.05) is 0 Å². The van der Waals surface area contributed by atoms with Crippen LogP contribution >= 0.6 is 0 Å². The second-order valence-electron chi connectivity index (χ2n) is 8.11. The van der Waals surface area contributed by atoms with Crippen LogP contribution in [-0.2, 0) is 21.1 Å². The minimum absolute atomic E-state index is 0. The fraction of sp³-hybridized carbons (Fsp3) is 0. The van der Waals surface area contributed by atoms with Gasteiger partial charge in [-0.05, 0) is 48.5 Å². The van der Waals surface area contributed by atoms with Crippen molar-refractivity contribution in [2.24, 2.45) is 0 Å². The van der Waals surface area contributed by atoms with E-state index < -0.39 is 0 Å². The number of rotatable bonds is 1. The Morgan fingerprint density at radius 3 is 1.76 bits per heavy atom. The Balaban J connectivity index is 0.000000269. The fourth-order valence-electron chi connectivity index (χ4n) is 4.17. The number of pyridine rings is 3. The third-order valence-corrected chi connectivity index (χ3v) is 5.85.